The summed E-state index contributed by atoms with van der Waals surface area (Å²) in [5, 5.41) is 1.11. The number of amides is 1. The molecule has 1 saturated carbocycles. The molecule has 2 aromatic rings. The van der Waals surface area contributed by atoms with Gasteiger partial charge in [-0.2, -0.15) is 0 Å². The van der Waals surface area contributed by atoms with E-state index in [0.29, 0.717) is 22.1 Å². The minimum absolute atomic E-state index is 0.0228. The number of thioether (sulfide) groups is 1. The van der Waals surface area contributed by atoms with E-state index < -0.39 is 0 Å². The summed E-state index contributed by atoms with van der Waals surface area (Å²) >= 11 is 1.44. The minimum Gasteiger partial charge on any atom is -0.339 e. The van der Waals surface area contributed by atoms with Gasteiger partial charge in [0.1, 0.15) is 0 Å². The van der Waals surface area contributed by atoms with Crippen LogP contribution in [0, 0.1) is 0 Å². The van der Waals surface area contributed by atoms with Gasteiger partial charge in [0.15, 0.2) is 5.16 Å². The molecular weight excluding hydrogens is 358 g/mol. The number of rotatable bonds is 5. The summed E-state index contributed by atoms with van der Waals surface area (Å²) in [6.07, 6.45) is 6.42. The number of hydrogen-bond donors (Lipinski definition) is 0. The van der Waals surface area contributed by atoms with Crippen molar-refractivity contribution in [1.82, 2.24) is 14.5 Å². The Morgan fingerprint density at radius 3 is 2.78 bits per heavy atom. The van der Waals surface area contributed by atoms with Crippen molar-refractivity contribution in [2.75, 3.05) is 6.54 Å². The van der Waals surface area contributed by atoms with E-state index in [1.54, 1.807) is 0 Å². The van der Waals surface area contributed by atoms with Crippen LogP contribution >= 0.6 is 11.8 Å². The van der Waals surface area contributed by atoms with Crippen molar-refractivity contribution in [2.45, 2.75) is 74.9 Å². The molecule has 5 nitrogen and oxygen atoms in total. The molecule has 1 amide bonds. The van der Waals surface area contributed by atoms with Crippen LogP contribution in [0.5, 0.6) is 0 Å². The number of fused-ring (bicyclic) bond motifs is 1. The van der Waals surface area contributed by atoms with Crippen LogP contribution in [0.15, 0.2) is 34.2 Å². The Morgan fingerprint density at radius 1 is 1.26 bits per heavy atom. The predicted molar refractivity (Wildman–Crippen MR) is 109 cm³/mol. The average molecular weight is 386 g/mol. The second kappa shape index (κ2) is 7.66. The lowest BCUT2D eigenvalue weighted by Crippen LogP contribution is -2.46. The fourth-order valence-corrected chi connectivity index (χ4v) is 5.07. The van der Waals surface area contributed by atoms with Gasteiger partial charge in [-0.05, 0) is 57.6 Å². The van der Waals surface area contributed by atoms with Crippen molar-refractivity contribution >= 4 is 28.6 Å². The number of benzene rings is 1. The number of para-hydroxylation sites is 1. The van der Waals surface area contributed by atoms with Crippen LogP contribution in [-0.4, -0.2) is 38.2 Å². The van der Waals surface area contributed by atoms with Gasteiger partial charge in [0.25, 0.3) is 5.56 Å². The third kappa shape index (κ3) is 3.64. The summed E-state index contributed by atoms with van der Waals surface area (Å²) in [6.45, 7) is 4.96. The third-order valence-corrected chi connectivity index (χ3v) is 6.75. The molecule has 2 atom stereocenters. The molecular formula is C21H27N3O2S. The van der Waals surface area contributed by atoms with Gasteiger partial charge in [-0.15, -0.1) is 0 Å². The van der Waals surface area contributed by atoms with Gasteiger partial charge < -0.3 is 4.90 Å². The first-order valence-electron chi connectivity index (χ1n) is 10.1. The van der Waals surface area contributed by atoms with Crippen LogP contribution in [0.25, 0.3) is 10.9 Å². The van der Waals surface area contributed by atoms with E-state index in [-0.39, 0.29) is 22.8 Å². The molecule has 0 spiro atoms. The molecule has 144 valence electrons. The zero-order chi connectivity index (χ0) is 19.0. The molecule has 2 aliphatic rings. The average Bonchev–Trinajstić information content (AvgIpc) is 3.52. The van der Waals surface area contributed by atoms with Gasteiger partial charge in [0.05, 0.1) is 16.2 Å². The predicted octanol–water partition coefficient (Wildman–Crippen LogP) is 4.00. The van der Waals surface area contributed by atoms with Crippen molar-refractivity contribution < 1.29 is 4.79 Å². The summed E-state index contributed by atoms with van der Waals surface area (Å²) in [5.41, 5.74) is 0.737. The second-order valence-corrected chi connectivity index (χ2v) is 8.98. The number of likely N-dealkylation sites (tertiary alicyclic amines) is 1. The molecule has 1 aliphatic heterocycles. The van der Waals surface area contributed by atoms with E-state index in [1.807, 2.05) is 35.8 Å². The first kappa shape index (κ1) is 18.5. The first-order valence-corrected chi connectivity index (χ1v) is 11.0. The molecule has 2 heterocycles. The number of piperidine rings is 1. The summed E-state index contributed by atoms with van der Waals surface area (Å²) in [6, 6.07) is 8.08. The van der Waals surface area contributed by atoms with Gasteiger partial charge in [-0.3, -0.25) is 14.2 Å². The lowest BCUT2D eigenvalue weighted by atomic mass is 10.00. The number of carbonyl (C=O) groups excluding carboxylic acids is 1. The minimum atomic E-state index is -0.241. The Kier molecular flexibility index (Phi) is 5.26. The van der Waals surface area contributed by atoms with E-state index in [2.05, 4.69) is 11.8 Å². The highest BCUT2D eigenvalue weighted by Gasteiger charge is 2.32. The number of aromatic nitrogens is 2. The lowest BCUT2D eigenvalue weighted by molar-refractivity contribution is -0.134. The maximum atomic E-state index is 13.1. The largest absolute Gasteiger partial charge is 0.339 e. The van der Waals surface area contributed by atoms with E-state index >= 15 is 0 Å². The monoisotopic (exact) mass is 385 g/mol. The van der Waals surface area contributed by atoms with Crippen LogP contribution in [0.1, 0.15) is 58.4 Å². The normalized spacial score (nSPS) is 21.4. The Bertz CT molecular complexity index is 906. The fraction of sp³-hybridized carbons (Fsp3) is 0.571. The quantitative estimate of drug-likeness (QED) is 0.577. The topological polar surface area (TPSA) is 55.2 Å². The van der Waals surface area contributed by atoms with E-state index in [4.69, 9.17) is 4.98 Å². The second-order valence-electron chi connectivity index (χ2n) is 7.67. The molecule has 4 rings (SSSR count). The highest BCUT2D eigenvalue weighted by molar-refractivity contribution is 8.00. The van der Waals surface area contributed by atoms with Crippen LogP contribution in [0.4, 0.5) is 0 Å². The van der Waals surface area contributed by atoms with E-state index in [9.17, 15) is 9.59 Å². The number of hydrogen-bond acceptors (Lipinski definition) is 4. The van der Waals surface area contributed by atoms with Crippen molar-refractivity contribution in [1.29, 1.82) is 0 Å². The zero-order valence-corrected chi connectivity index (χ0v) is 16.9. The SMILES string of the molecule is CCC1CCCCN1C(=O)C(C)Sc1nc2ccccc2c(=O)n1C1CC1. The van der Waals surface area contributed by atoms with Crippen molar-refractivity contribution in [3.05, 3.63) is 34.6 Å². The molecule has 1 aromatic heterocycles. The smallest absolute Gasteiger partial charge is 0.262 e. The first-order chi connectivity index (χ1) is 13.1. The van der Waals surface area contributed by atoms with Crippen molar-refractivity contribution in [3.8, 4) is 0 Å². The highest BCUT2D eigenvalue weighted by atomic mass is 32.2. The Balaban J connectivity index is 1.63. The van der Waals surface area contributed by atoms with Crippen LogP contribution < -0.4 is 5.56 Å². The summed E-state index contributed by atoms with van der Waals surface area (Å²) in [4.78, 5) is 32.9. The molecule has 0 radical (unpaired) electrons. The van der Waals surface area contributed by atoms with Gasteiger partial charge in [-0.1, -0.05) is 30.8 Å². The van der Waals surface area contributed by atoms with Gasteiger partial charge in [-0.25, -0.2) is 4.98 Å². The van der Waals surface area contributed by atoms with Crippen LogP contribution in [0.3, 0.4) is 0 Å². The molecule has 2 unspecified atom stereocenters. The zero-order valence-electron chi connectivity index (χ0n) is 16.1. The van der Waals surface area contributed by atoms with Crippen molar-refractivity contribution in [3.63, 3.8) is 0 Å². The maximum Gasteiger partial charge on any atom is 0.262 e. The number of nitrogens with zero attached hydrogens (tertiary/aromatic N) is 3. The Morgan fingerprint density at radius 2 is 2.04 bits per heavy atom. The molecule has 1 aromatic carbocycles. The standard InChI is InChI=1S/C21H27N3O2S/c1-3-15-8-6-7-13-23(15)19(25)14(2)27-21-22-18-10-5-4-9-17(18)20(26)24(21)16-11-12-16/h4-5,9-10,14-16H,3,6-8,11-13H2,1-2H3. The third-order valence-electron chi connectivity index (χ3n) is 5.70. The molecule has 1 saturated heterocycles. The van der Waals surface area contributed by atoms with Gasteiger partial charge in [0.2, 0.25) is 5.91 Å². The summed E-state index contributed by atoms with van der Waals surface area (Å²) in [5.74, 6) is 0.177. The van der Waals surface area contributed by atoms with Crippen molar-refractivity contribution in [2.24, 2.45) is 0 Å². The highest BCUT2D eigenvalue weighted by Crippen LogP contribution is 2.38. The van der Waals surface area contributed by atoms with E-state index in [0.717, 1.165) is 38.6 Å². The lowest BCUT2D eigenvalue weighted by Gasteiger charge is -2.36. The Hall–Kier alpha value is -1.82. The Labute approximate surface area is 164 Å². The summed E-state index contributed by atoms with van der Waals surface area (Å²) in [7, 11) is 0. The molecule has 0 bridgehead atoms. The van der Waals surface area contributed by atoms with Gasteiger partial charge in [0, 0.05) is 18.6 Å². The summed E-state index contributed by atoms with van der Waals surface area (Å²) < 4.78 is 1.82. The molecule has 27 heavy (non-hydrogen) atoms. The van der Waals surface area contributed by atoms with Crippen LogP contribution in [-0.2, 0) is 4.79 Å². The number of carbonyl (C=O) groups is 1. The molecule has 6 heteroatoms. The fourth-order valence-electron chi connectivity index (χ4n) is 4.02. The van der Waals surface area contributed by atoms with Gasteiger partial charge >= 0.3 is 0 Å². The molecule has 0 N–H and O–H groups in total. The molecule has 2 fully saturated rings. The maximum absolute atomic E-state index is 13.1. The van der Waals surface area contributed by atoms with Crippen LogP contribution in [0.2, 0.25) is 0 Å². The molecule has 1 aliphatic carbocycles. The van der Waals surface area contributed by atoms with E-state index in [1.165, 1.54) is 18.2 Å².